The first-order chi connectivity index (χ1) is 14.7. The zero-order valence-corrected chi connectivity index (χ0v) is 19.4. The van der Waals surface area contributed by atoms with E-state index >= 15 is 0 Å². The molecule has 0 unspecified atom stereocenters. The monoisotopic (exact) mass is 448 g/mol. The number of nitrogens with zero attached hydrogens (tertiary/aromatic N) is 2. The molecule has 0 radical (unpaired) electrons. The maximum Gasteiger partial charge on any atom is 0.261 e. The minimum Gasteiger partial charge on any atom is -0.483 e. The van der Waals surface area contributed by atoms with Crippen LogP contribution in [0, 0.1) is 13.8 Å². The second-order valence-corrected chi connectivity index (χ2v) is 10.7. The fourth-order valence-electron chi connectivity index (χ4n) is 5.15. The first-order valence-corrected chi connectivity index (χ1v) is 13.0. The Morgan fingerprint density at radius 2 is 1.87 bits per heavy atom. The number of benzene rings is 1. The van der Waals surface area contributed by atoms with Gasteiger partial charge in [0.15, 0.2) is 6.61 Å². The van der Waals surface area contributed by atoms with Gasteiger partial charge in [0.25, 0.3) is 5.91 Å². The van der Waals surface area contributed by atoms with Gasteiger partial charge >= 0.3 is 0 Å². The third-order valence-electron chi connectivity index (χ3n) is 6.87. The molecule has 0 aromatic heterocycles. The Labute approximate surface area is 184 Å². The van der Waals surface area contributed by atoms with Gasteiger partial charge in [-0.1, -0.05) is 6.07 Å². The molecule has 170 valence electrons. The molecule has 1 saturated heterocycles. The molecular formula is C23H32N2O5S. The van der Waals surface area contributed by atoms with E-state index in [9.17, 15) is 13.2 Å². The van der Waals surface area contributed by atoms with Crippen LogP contribution in [-0.4, -0.2) is 63.1 Å². The summed E-state index contributed by atoms with van der Waals surface area (Å²) in [6, 6.07) is 3.57. The molecule has 4 aliphatic rings. The fraction of sp³-hybridized carbons (Fsp3) is 0.652. The Morgan fingerprint density at radius 1 is 1.13 bits per heavy atom. The van der Waals surface area contributed by atoms with Crippen LogP contribution in [0.15, 0.2) is 16.5 Å². The summed E-state index contributed by atoms with van der Waals surface area (Å²) < 4.78 is 40.0. The van der Waals surface area contributed by atoms with Crippen LogP contribution in [0.3, 0.4) is 0 Å². The highest BCUT2D eigenvalue weighted by atomic mass is 32.2. The molecule has 1 saturated carbocycles. The third-order valence-corrected chi connectivity index (χ3v) is 7.43. The van der Waals surface area contributed by atoms with E-state index in [4.69, 9.17) is 9.47 Å². The average molecular weight is 449 g/mol. The highest BCUT2D eigenvalue weighted by Crippen LogP contribution is 2.41. The maximum atomic E-state index is 13.1. The van der Waals surface area contributed by atoms with Gasteiger partial charge in [-0.25, -0.2) is 8.42 Å². The van der Waals surface area contributed by atoms with Gasteiger partial charge in [0.2, 0.25) is 10.0 Å². The van der Waals surface area contributed by atoms with Gasteiger partial charge in [-0.05, 0) is 75.5 Å². The minimum atomic E-state index is -3.54. The van der Waals surface area contributed by atoms with Gasteiger partial charge in [-0.2, -0.15) is 4.40 Å². The summed E-state index contributed by atoms with van der Waals surface area (Å²) in [6.45, 7) is 4.99. The lowest BCUT2D eigenvalue weighted by molar-refractivity contribution is -0.136. The molecular weight excluding hydrogens is 416 g/mol. The number of carbonyl (C=O) groups excluding carboxylic acids is 1. The van der Waals surface area contributed by atoms with Gasteiger partial charge in [0.1, 0.15) is 5.75 Å². The van der Waals surface area contributed by atoms with E-state index in [-0.39, 0.29) is 25.2 Å². The van der Waals surface area contributed by atoms with E-state index in [2.05, 4.69) is 18.2 Å². The lowest BCUT2D eigenvalue weighted by Gasteiger charge is -2.37. The predicted octanol–water partition coefficient (Wildman–Crippen LogP) is 3.13. The largest absolute Gasteiger partial charge is 0.483 e. The highest BCUT2D eigenvalue weighted by Gasteiger charge is 2.35. The van der Waals surface area contributed by atoms with Crippen molar-refractivity contribution in [3.05, 3.63) is 28.8 Å². The number of piperidine rings is 1. The Kier molecular flexibility index (Phi) is 6.40. The topological polar surface area (TPSA) is 85.3 Å². The Hall–Kier alpha value is -1.93. The second-order valence-electron chi connectivity index (χ2n) is 9.04. The van der Waals surface area contributed by atoms with E-state index in [1.807, 2.05) is 12.1 Å². The third kappa shape index (κ3) is 4.95. The molecule has 0 spiro atoms. The first kappa shape index (κ1) is 22.3. The molecule has 2 bridgehead atoms. The van der Waals surface area contributed by atoms with Crippen LogP contribution in [0.2, 0.25) is 0 Å². The number of sulfonamides is 1. The maximum absolute atomic E-state index is 13.1. The van der Waals surface area contributed by atoms with E-state index in [1.165, 1.54) is 16.7 Å². The van der Waals surface area contributed by atoms with Crippen LogP contribution < -0.4 is 4.74 Å². The van der Waals surface area contributed by atoms with E-state index < -0.39 is 16.1 Å². The molecule has 3 aliphatic heterocycles. The molecule has 0 N–H and O–H groups in total. The minimum absolute atomic E-state index is 0.0751. The van der Waals surface area contributed by atoms with Crippen molar-refractivity contribution in [1.29, 1.82) is 0 Å². The molecule has 7 nitrogen and oxygen atoms in total. The zero-order chi connectivity index (χ0) is 22.2. The Balaban J connectivity index is 1.69. The number of hydrogen-bond donors (Lipinski definition) is 0. The number of rotatable bonds is 1. The molecule has 3 heterocycles. The SMILES string of the molecule is Cc1ccc2c(c1C)C1CCC(CC1)OC[C@H]1/C(=N/S(C)(=O)=O)CCCN1C(=O)CO2. The summed E-state index contributed by atoms with van der Waals surface area (Å²) in [4.78, 5) is 14.8. The van der Waals surface area contributed by atoms with Crippen molar-refractivity contribution in [2.45, 2.75) is 70.4 Å². The van der Waals surface area contributed by atoms with Crippen LogP contribution in [0.1, 0.15) is 61.1 Å². The predicted molar refractivity (Wildman–Crippen MR) is 119 cm³/mol. The molecule has 2 fully saturated rings. The highest BCUT2D eigenvalue weighted by molar-refractivity contribution is 7.89. The molecule has 1 amide bonds. The van der Waals surface area contributed by atoms with Crippen molar-refractivity contribution < 1.29 is 22.7 Å². The van der Waals surface area contributed by atoms with E-state index in [1.54, 1.807) is 4.90 Å². The van der Waals surface area contributed by atoms with Crippen molar-refractivity contribution >= 4 is 21.6 Å². The summed E-state index contributed by atoms with van der Waals surface area (Å²) in [5, 5.41) is 0. The summed E-state index contributed by atoms with van der Waals surface area (Å²) >= 11 is 0. The van der Waals surface area contributed by atoms with Crippen molar-refractivity contribution in [3.63, 3.8) is 0 Å². The smallest absolute Gasteiger partial charge is 0.261 e. The van der Waals surface area contributed by atoms with Crippen molar-refractivity contribution in [1.82, 2.24) is 4.90 Å². The van der Waals surface area contributed by atoms with Crippen LogP contribution in [0.25, 0.3) is 0 Å². The molecule has 1 aromatic rings. The fourth-order valence-corrected chi connectivity index (χ4v) is 5.79. The normalized spacial score (nSPS) is 28.7. The van der Waals surface area contributed by atoms with Crippen LogP contribution in [-0.2, 0) is 19.6 Å². The quantitative estimate of drug-likeness (QED) is 0.659. The van der Waals surface area contributed by atoms with E-state index in [0.29, 0.717) is 31.0 Å². The Bertz CT molecular complexity index is 980. The van der Waals surface area contributed by atoms with E-state index in [0.717, 1.165) is 37.7 Å². The number of hydrogen-bond acceptors (Lipinski definition) is 5. The zero-order valence-electron chi connectivity index (χ0n) is 18.6. The molecule has 31 heavy (non-hydrogen) atoms. The number of aryl methyl sites for hydroxylation is 1. The summed E-state index contributed by atoms with van der Waals surface area (Å²) in [5.41, 5.74) is 4.20. The molecule has 5 rings (SSSR count). The number of amides is 1. The Morgan fingerprint density at radius 3 is 2.58 bits per heavy atom. The van der Waals surface area contributed by atoms with Crippen molar-refractivity contribution in [2.24, 2.45) is 4.40 Å². The van der Waals surface area contributed by atoms with Crippen LogP contribution in [0.4, 0.5) is 0 Å². The van der Waals surface area contributed by atoms with Gasteiger partial charge in [0, 0.05) is 12.1 Å². The van der Waals surface area contributed by atoms with Gasteiger partial charge < -0.3 is 14.4 Å². The molecule has 1 aliphatic carbocycles. The summed E-state index contributed by atoms with van der Waals surface area (Å²) in [7, 11) is -3.54. The molecule has 1 atom stereocenters. The average Bonchev–Trinajstić information content (AvgIpc) is 2.73. The summed E-state index contributed by atoms with van der Waals surface area (Å²) in [5.74, 6) is 1.03. The van der Waals surface area contributed by atoms with Gasteiger partial charge in [0.05, 0.1) is 30.7 Å². The first-order valence-electron chi connectivity index (χ1n) is 11.2. The molecule has 8 heteroatoms. The van der Waals surface area contributed by atoms with Gasteiger partial charge in [-0.3, -0.25) is 4.79 Å². The lowest BCUT2D eigenvalue weighted by Crippen LogP contribution is -2.53. The van der Waals surface area contributed by atoms with Crippen molar-refractivity contribution in [2.75, 3.05) is 26.0 Å². The molecule has 1 aromatic carbocycles. The van der Waals surface area contributed by atoms with Gasteiger partial charge in [-0.15, -0.1) is 0 Å². The number of fused-ring (bicyclic) bond motifs is 5. The number of ether oxygens (including phenoxy) is 2. The van der Waals surface area contributed by atoms with Crippen molar-refractivity contribution in [3.8, 4) is 5.75 Å². The van der Waals surface area contributed by atoms with Crippen LogP contribution in [0.5, 0.6) is 5.75 Å². The van der Waals surface area contributed by atoms with Crippen LogP contribution >= 0.6 is 0 Å². The lowest BCUT2D eigenvalue weighted by atomic mass is 9.80. The second kappa shape index (κ2) is 8.90. The summed E-state index contributed by atoms with van der Waals surface area (Å²) in [6.07, 6.45) is 6.34. The number of carbonyl (C=O) groups is 1. The standard InChI is InChI=1S/C23H32N2O5S/c1-15-6-11-21-23(16(15)2)17-7-9-18(10-8-17)29-13-20-19(24-31(3,27)28)5-4-12-25(20)22(26)14-30-21/h6,11,17-18,20H,4-5,7-10,12-14H2,1-3H3/b24-19+/t17?,18?,20-/m0/s1.